The Morgan fingerprint density at radius 3 is 2.39 bits per heavy atom. The number of aliphatic hydroxyl groups excluding tert-OH is 1. The Kier molecular flexibility index (Phi) is 6.80. The van der Waals surface area contributed by atoms with Gasteiger partial charge in [-0.05, 0) is 43.4 Å². The van der Waals surface area contributed by atoms with Gasteiger partial charge in [0.05, 0.1) is 12.2 Å². The van der Waals surface area contributed by atoms with E-state index in [1.165, 1.54) is 18.2 Å². The molecule has 1 saturated carbocycles. The van der Waals surface area contributed by atoms with Crippen LogP contribution >= 0.6 is 23.2 Å². The first-order valence-electron chi connectivity index (χ1n) is 8.83. The number of aromatic nitrogens is 1. The van der Waals surface area contributed by atoms with Crippen molar-refractivity contribution in [1.29, 1.82) is 0 Å². The van der Waals surface area contributed by atoms with Gasteiger partial charge in [0.25, 0.3) is 0 Å². The number of alkyl halides is 2. The summed E-state index contributed by atoms with van der Waals surface area (Å²) in [6.07, 6.45) is 4.92. The third kappa shape index (κ3) is 5.16. The first-order valence-corrected chi connectivity index (χ1v) is 9.59. The fraction of sp³-hybridized carbons (Fsp3) is 0.421. The van der Waals surface area contributed by atoms with Gasteiger partial charge >= 0.3 is 6.61 Å². The number of rotatable bonds is 7. The molecule has 0 amide bonds. The predicted molar refractivity (Wildman–Crippen MR) is 100 cm³/mol. The van der Waals surface area contributed by atoms with Crippen LogP contribution in [-0.4, -0.2) is 17.8 Å². The molecule has 5 nitrogen and oxygen atoms in total. The SMILES string of the molecule is [O-][n+]1cc(Cl)c(CC(O)c2ccc(OC(F)F)c(OC3CCCC3)c2)c(Cl)c1. The average Bonchev–Trinajstić information content (AvgIpc) is 3.12. The zero-order chi connectivity index (χ0) is 20.3. The van der Waals surface area contributed by atoms with E-state index in [1.807, 2.05) is 0 Å². The predicted octanol–water partition coefficient (Wildman–Crippen LogP) is 4.83. The fourth-order valence-electron chi connectivity index (χ4n) is 3.24. The Balaban J connectivity index is 1.84. The van der Waals surface area contributed by atoms with E-state index in [2.05, 4.69) is 4.74 Å². The number of hydrogen-bond donors (Lipinski definition) is 1. The number of hydrogen-bond acceptors (Lipinski definition) is 4. The molecule has 1 N–H and O–H groups in total. The lowest BCUT2D eigenvalue weighted by Gasteiger charge is -2.19. The summed E-state index contributed by atoms with van der Waals surface area (Å²) in [7, 11) is 0. The maximum atomic E-state index is 12.7. The second-order valence-corrected chi connectivity index (χ2v) is 7.44. The topological polar surface area (TPSA) is 65.6 Å². The highest BCUT2D eigenvalue weighted by Crippen LogP contribution is 2.36. The second kappa shape index (κ2) is 9.11. The number of ether oxygens (including phenoxy) is 2. The number of pyridine rings is 1. The largest absolute Gasteiger partial charge is 0.619 e. The van der Waals surface area contributed by atoms with Gasteiger partial charge in [-0.15, -0.1) is 0 Å². The van der Waals surface area contributed by atoms with Crippen LogP contribution in [0, 0.1) is 5.21 Å². The van der Waals surface area contributed by atoms with Crippen molar-refractivity contribution < 1.29 is 28.1 Å². The Morgan fingerprint density at radius 1 is 1.14 bits per heavy atom. The Labute approximate surface area is 171 Å². The smallest absolute Gasteiger partial charge is 0.387 e. The lowest BCUT2D eigenvalue weighted by molar-refractivity contribution is -0.605. The zero-order valence-corrected chi connectivity index (χ0v) is 16.3. The highest BCUT2D eigenvalue weighted by atomic mass is 35.5. The lowest BCUT2D eigenvalue weighted by atomic mass is 10.0. The van der Waals surface area contributed by atoms with Gasteiger partial charge < -0.3 is 19.8 Å². The van der Waals surface area contributed by atoms with Crippen LogP contribution in [0.2, 0.25) is 10.0 Å². The van der Waals surface area contributed by atoms with Crippen molar-refractivity contribution in [1.82, 2.24) is 0 Å². The van der Waals surface area contributed by atoms with Crippen LogP contribution in [-0.2, 0) is 6.42 Å². The molecule has 0 saturated heterocycles. The Bertz CT molecular complexity index is 809. The van der Waals surface area contributed by atoms with Gasteiger partial charge in [0.1, 0.15) is 10.0 Å². The molecule has 0 spiro atoms. The number of halogens is 4. The molecule has 1 heterocycles. The lowest BCUT2D eigenvalue weighted by Crippen LogP contribution is -2.25. The molecular formula is C19H19Cl2F2NO4. The summed E-state index contributed by atoms with van der Waals surface area (Å²) in [6.45, 7) is -2.98. The average molecular weight is 434 g/mol. The maximum Gasteiger partial charge on any atom is 0.387 e. The molecule has 152 valence electrons. The molecule has 1 aromatic heterocycles. The molecule has 28 heavy (non-hydrogen) atoms. The summed E-state index contributed by atoms with van der Waals surface area (Å²) in [5.41, 5.74) is 0.842. The highest BCUT2D eigenvalue weighted by molar-refractivity contribution is 6.35. The third-order valence-electron chi connectivity index (χ3n) is 4.62. The van der Waals surface area contributed by atoms with Crippen molar-refractivity contribution in [3.63, 3.8) is 0 Å². The Hall–Kier alpha value is -1.83. The molecule has 3 rings (SSSR count). The summed E-state index contributed by atoms with van der Waals surface area (Å²) < 4.78 is 36.3. The van der Waals surface area contributed by atoms with Crippen molar-refractivity contribution in [3.05, 3.63) is 57.0 Å². The molecule has 2 aromatic rings. The summed E-state index contributed by atoms with van der Waals surface area (Å²) >= 11 is 12.1. The standard InChI is InChI=1S/C19H19Cl2F2NO4/c20-14-9-24(26)10-15(21)13(14)8-16(25)11-5-6-17(28-19(22)23)18(7-11)27-12-3-1-2-4-12/h5-7,9-10,12,16,19,25H,1-4,8H2. The molecule has 1 aliphatic rings. The number of benzene rings is 1. The normalized spacial score (nSPS) is 15.8. The van der Waals surface area contributed by atoms with E-state index in [0.29, 0.717) is 15.9 Å². The van der Waals surface area contributed by atoms with Crippen LogP contribution in [0.4, 0.5) is 8.78 Å². The van der Waals surface area contributed by atoms with Crippen molar-refractivity contribution in [2.24, 2.45) is 0 Å². The molecule has 0 aliphatic heterocycles. The molecule has 0 radical (unpaired) electrons. The summed E-state index contributed by atoms with van der Waals surface area (Å²) in [4.78, 5) is 0. The van der Waals surface area contributed by atoms with Crippen LogP contribution < -0.4 is 14.2 Å². The van der Waals surface area contributed by atoms with E-state index < -0.39 is 12.7 Å². The molecule has 1 aromatic carbocycles. The summed E-state index contributed by atoms with van der Waals surface area (Å²) in [6, 6.07) is 4.30. The zero-order valence-electron chi connectivity index (χ0n) is 14.8. The molecule has 9 heteroatoms. The quantitative estimate of drug-likeness (QED) is 0.501. The second-order valence-electron chi connectivity index (χ2n) is 6.62. The maximum absolute atomic E-state index is 12.7. The van der Waals surface area contributed by atoms with Gasteiger partial charge in [-0.25, -0.2) is 0 Å². The monoisotopic (exact) mass is 433 g/mol. The van der Waals surface area contributed by atoms with Crippen LogP contribution in [0.1, 0.15) is 42.9 Å². The van der Waals surface area contributed by atoms with Crippen LogP contribution in [0.25, 0.3) is 0 Å². The van der Waals surface area contributed by atoms with Crippen molar-refractivity contribution in [2.45, 2.75) is 50.9 Å². The number of nitrogens with zero attached hydrogens (tertiary/aromatic N) is 1. The van der Waals surface area contributed by atoms with E-state index in [1.54, 1.807) is 0 Å². The third-order valence-corrected chi connectivity index (χ3v) is 5.27. The van der Waals surface area contributed by atoms with Crippen molar-refractivity contribution in [2.75, 3.05) is 0 Å². The van der Waals surface area contributed by atoms with E-state index in [4.69, 9.17) is 27.9 Å². The van der Waals surface area contributed by atoms with Gasteiger partial charge in [-0.3, -0.25) is 0 Å². The van der Waals surface area contributed by atoms with Gasteiger partial charge in [0.15, 0.2) is 23.9 Å². The van der Waals surface area contributed by atoms with Crippen LogP contribution in [0.5, 0.6) is 11.5 Å². The molecule has 1 fully saturated rings. The summed E-state index contributed by atoms with van der Waals surface area (Å²) in [5, 5.41) is 22.2. The molecule has 1 aliphatic carbocycles. The molecule has 0 bridgehead atoms. The van der Waals surface area contributed by atoms with Gasteiger partial charge in [0.2, 0.25) is 0 Å². The first kappa shape index (κ1) is 20.9. The van der Waals surface area contributed by atoms with Gasteiger partial charge in [-0.1, -0.05) is 29.3 Å². The first-order chi connectivity index (χ1) is 13.3. The molecule has 1 unspecified atom stereocenters. The van der Waals surface area contributed by atoms with Gasteiger partial charge in [-0.2, -0.15) is 13.5 Å². The molecular weight excluding hydrogens is 415 g/mol. The Morgan fingerprint density at radius 2 is 1.79 bits per heavy atom. The van der Waals surface area contributed by atoms with Crippen LogP contribution in [0.15, 0.2) is 30.6 Å². The van der Waals surface area contributed by atoms with Crippen LogP contribution in [0.3, 0.4) is 0 Å². The molecule has 1 atom stereocenters. The highest BCUT2D eigenvalue weighted by Gasteiger charge is 2.22. The van der Waals surface area contributed by atoms with Gasteiger partial charge in [0, 0.05) is 12.0 Å². The number of aliphatic hydroxyl groups is 1. The minimum absolute atomic E-state index is 0.0381. The minimum Gasteiger partial charge on any atom is -0.619 e. The van der Waals surface area contributed by atoms with Crippen molar-refractivity contribution >= 4 is 23.2 Å². The van der Waals surface area contributed by atoms with E-state index in [0.717, 1.165) is 38.1 Å². The van der Waals surface area contributed by atoms with E-state index in [9.17, 15) is 19.1 Å². The fourth-order valence-corrected chi connectivity index (χ4v) is 3.84. The van der Waals surface area contributed by atoms with Crippen molar-refractivity contribution in [3.8, 4) is 11.5 Å². The van der Waals surface area contributed by atoms with E-state index >= 15 is 0 Å². The minimum atomic E-state index is -2.98. The summed E-state index contributed by atoms with van der Waals surface area (Å²) in [5.74, 6) is 0.0763. The van der Waals surface area contributed by atoms with E-state index in [-0.39, 0.29) is 34.1 Å².